The zero-order chi connectivity index (χ0) is 15.8. The first-order valence-corrected chi connectivity index (χ1v) is 6.66. The molecule has 0 aromatic heterocycles. The van der Waals surface area contributed by atoms with Crippen molar-refractivity contribution < 1.29 is 44.5 Å². The molecule has 2 heterocycles. The average Bonchev–Trinajstić information content (AvgIpc) is 2.43. The van der Waals surface area contributed by atoms with Crippen LogP contribution in [0.1, 0.15) is 6.92 Å². The first-order valence-electron chi connectivity index (χ1n) is 6.66. The highest BCUT2D eigenvalue weighted by atomic mass is 16.7. The average molecular weight is 310 g/mol. The summed E-state index contributed by atoms with van der Waals surface area (Å²) in [5.74, 6) is -1.88. The molecule has 0 saturated carbocycles. The van der Waals surface area contributed by atoms with Crippen LogP contribution < -0.4 is 0 Å². The molecule has 0 radical (unpaired) electrons. The molecule has 0 aromatic carbocycles. The van der Waals surface area contributed by atoms with Gasteiger partial charge < -0.3 is 44.5 Å². The Bertz CT molecular complexity index is 342. The Labute approximate surface area is 121 Å². The Morgan fingerprint density at radius 3 is 2.38 bits per heavy atom. The third-order valence-corrected chi connectivity index (χ3v) is 3.80. The maximum atomic E-state index is 10.0. The highest BCUT2D eigenvalue weighted by Crippen LogP contribution is 2.27. The second kappa shape index (κ2) is 6.41. The molecule has 2 aliphatic heterocycles. The summed E-state index contributed by atoms with van der Waals surface area (Å²) in [5, 5.41) is 49.0. The summed E-state index contributed by atoms with van der Waals surface area (Å²) in [7, 11) is 1.33. The molecular weight excluding hydrogens is 288 g/mol. The minimum atomic E-state index is -1.88. The molecule has 2 unspecified atom stereocenters. The molecule has 2 fully saturated rings. The van der Waals surface area contributed by atoms with Crippen LogP contribution in [0.2, 0.25) is 0 Å². The van der Waals surface area contributed by atoms with E-state index in [4.69, 9.17) is 18.9 Å². The monoisotopic (exact) mass is 310 g/mol. The molecule has 0 spiro atoms. The number of hydrogen-bond acceptors (Lipinski definition) is 9. The molecule has 9 nitrogen and oxygen atoms in total. The zero-order valence-electron chi connectivity index (χ0n) is 11.8. The molecule has 8 atom stereocenters. The van der Waals surface area contributed by atoms with Gasteiger partial charge in [-0.05, 0) is 6.92 Å². The van der Waals surface area contributed by atoms with Crippen molar-refractivity contribution in [1.82, 2.24) is 0 Å². The van der Waals surface area contributed by atoms with Crippen molar-refractivity contribution >= 4 is 0 Å². The van der Waals surface area contributed by atoms with Crippen molar-refractivity contribution in [3.05, 3.63) is 0 Å². The van der Waals surface area contributed by atoms with E-state index in [1.54, 1.807) is 0 Å². The number of hydrogen-bond donors (Lipinski definition) is 5. The minimum absolute atomic E-state index is 0.107. The van der Waals surface area contributed by atoms with Crippen molar-refractivity contribution in [2.45, 2.75) is 55.6 Å². The predicted molar refractivity (Wildman–Crippen MR) is 66.0 cm³/mol. The number of rotatable bonds is 3. The van der Waals surface area contributed by atoms with Crippen LogP contribution in [0.5, 0.6) is 0 Å². The van der Waals surface area contributed by atoms with Crippen LogP contribution in [0.4, 0.5) is 0 Å². The standard InChI is InChI=1S/C12H22O9/c1-12(17)10(16)7(14)6(4-20-12)21-11-8(15)9(18-2)5(13)3-19-11/h5-11,13-17H,3-4H2,1-2H3/t5-,6-,7+,8?,9+,10?,11+,12+/m1/s1. The van der Waals surface area contributed by atoms with E-state index < -0.39 is 48.7 Å². The Hall–Kier alpha value is -0.360. The zero-order valence-corrected chi connectivity index (χ0v) is 11.8. The molecule has 2 rings (SSSR count). The third-order valence-electron chi connectivity index (χ3n) is 3.80. The Morgan fingerprint density at radius 1 is 1.10 bits per heavy atom. The van der Waals surface area contributed by atoms with Crippen LogP contribution in [0.25, 0.3) is 0 Å². The van der Waals surface area contributed by atoms with E-state index in [-0.39, 0.29) is 13.2 Å². The highest BCUT2D eigenvalue weighted by molar-refractivity contribution is 4.91. The summed E-state index contributed by atoms with van der Waals surface area (Å²) in [6, 6.07) is 0. The lowest BCUT2D eigenvalue weighted by Crippen LogP contribution is -2.62. The summed E-state index contributed by atoms with van der Waals surface area (Å²) in [4.78, 5) is 0. The molecule has 5 N–H and O–H groups in total. The van der Waals surface area contributed by atoms with E-state index in [1.165, 1.54) is 14.0 Å². The van der Waals surface area contributed by atoms with E-state index in [0.29, 0.717) is 0 Å². The summed E-state index contributed by atoms with van der Waals surface area (Å²) in [5.41, 5.74) is 0. The van der Waals surface area contributed by atoms with Gasteiger partial charge in [-0.25, -0.2) is 0 Å². The van der Waals surface area contributed by atoms with Gasteiger partial charge in [-0.3, -0.25) is 0 Å². The van der Waals surface area contributed by atoms with Gasteiger partial charge in [-0.1, -0.05) is 0 Å². The first-order chi connectivity index (χ1) is 9.77. The van der Waals surface area contributed by atoms with Crippen LogP contribution in [0.3, 0.4) is 0 Å². The van der Waals surface area contributed by atoms with E-state index in [0.717, 1.165) is 0 Å². The molecule has 0 bridgehead atoms. The van der Waals surface area contributed by atoms with Crippen molar-refractivity contribution in [2.24, 2.45) is 0 Å². The van der Waals surface area contributed by atoms with E-state index in [1.807, 2.05) is 0 Å². The maximum absolute atomic E-state index is 10.0. The quantitative estimate of drug-likeness (QED) is 0.367. The van der Waals surface area contributed by atoms with Crippen molar-refractivity contribution in [3.8, 4) is 0 Å². The lowest BCUT2D eigenvalue weighted by molar-refractivity contribution is -0.349. The lowest BCUT2D eigenvalue weighted by atomic mass is 9.98. The molecular formula is C12H22O9. The molecule has 2 aliphatic rings. The number of ether oxygens (including phenoxy) is 4. The fraction of sp³-hybridized carbons (Fsp3) is 1.00. The first kappa shape index (κ1) is 17.0. The Morgan fingerprint density at radius 2 is 1.76 bits per heavy atom. The minimum Gasteiger partial charge on any atom is -0.388 e. The summed E-state index contributed by atoms with van der Waals surface area (Å²) in [6.07, 6.45) is -8.31. The van der Waals surface area contributed by atoms with Crippen molar-refractivity contribution in [1.29, 1.82) is 0 Å². The lowest BCUT2D eigenvalue weighted by Gasteiger charge is -2.44. The normalized spacial score (nSPS) is 51.9. The van der Waals surface area contributed by atoms with Crippen LogP contribution in [0, 0.1) is 0 Å². The number of methoxy groups -OCH3 is 1. The van der Waals surface area contributed by atoms with Crippen LogP contribution in [0.15, 0.2) is 0 Å². The van der Waals surface area contributed by atoms with E-state index in [9.17, 15) is 25.5 Å². The molecule has 21 heavy (non-hydrogen) atoms. The molecule has 2 saturated heterocycles. The number of aliphatic hydroxyl groups excluding tert-OH is 4. The second-order valence-corrected chi connectivity index (χ2v) is 5.44. The van der Waals surface area contributed by atoms with Crippen LogP contribution >= 0.6 is 0 Å². The van der Waals surface area contributed by atoms with Crippen LogP contribution in [-0.2, 0) is 18.9 Å². The molecule has 0 amide bonds. The maximum Gasteiger partial charge on any atom is 0.191 e. The van der Waals surface area contributed by atoms with Gasteiger partial charge in [0.25, 0.3) is 0 Å². The SMILES string of the molecule is CO[C@@H]1C(O)[C@H](O[C@@H]2CO[C@](C)(O)C(O)[C@H]2O)OC[C@H]1O. The van der Waals surface area contributed by atoms with Crippen LogP contribution in [-0.4, -0.2) is 94.6 Å². The molecule has 124 valence electrons. The fourth-order valence-corrected chi connectivity index (χ4v) is 2.43. The fourth-order valence-electron chi connectivity index (χ4n) is 2.43. The van der Waals surface area contributed by atoms with E-state index >= 15 is 0 Å². The third kappa shape index (κ3) is 3.36. The largest absolute Gasteiger partial charge is 0.388 e. The van der Waals surface area contributed by atoms with Gasteiger partial charge in [0.1, 0.15) is 36.6 Å². The van der Waals surface area contributed by atoms with Gasteiger partial charge in [0.15, 0.2) is 12.1 Å². The van der Waals surface area contributed by atoms with Crippen molar-refractivity contribution in [2.75, 3.05) is 20.3 Å². The Kier molecular flexibility index (Phi) is 5.19. The van der Waals surface area contributed by atoms with Gasteiger partial charge >= 0.3 is 0 Å². The van der Waals surface area contributed by atoms with Gasteiger partial charge in [-0.2, -0.15) is 0 Å². The summed E-state index contributed by atoms with van der Waals surface area (Å²) in [6.45, 7) is 0.919. The smallest absolute Gasteiger partial charge is 0.191 e. The number of aliphatic hydroxyl groups is 5. The second-order valence-electron chi connectivity index (χ2n) is 5.44. The topological polar surface area (TPSA) is 138 Å². The van der Waals surface area contributed by atoms with Gasteiger partial charge in [0, 0.05) is 7.11 Å². The molecule has 0 aromatic rings. The van der Waals surface area contributed by atoms with Gasteiger partial charge in [0.2, 0.25) is 0 Å². The Balaban J connectivity index is 1.98. The molecule has 0 aliphatic carbocycles. The highest BCUT2D eigenvalue weighted by Gasteiger charge is 2.48. The van der Waals surface area contributed by atoms with Crippen molar-refractivity contribution in [3.63, 3.8) is 0 Å². The summed E-state index contributed by atoms with van der Waals surface area (Å²) < 4.78 is 20.5. The predicted octanol–water partition coefficient (Wildman–Crippen LogP) is -3.07. The van der Waals surface area contributed by atoms with E-state index in [2.05, 4.69) is 0 Å². The molecule has 9 heteroatoms. The van der Waals surface area contributed by atoms with Gasteiger partial charge in [0.05, 0.1) is 13.2 Å². The van der Waals surface area contributed by atoms with Gasteiger partial charge in [-0.15, -0.1) is 0 Å². The summed E-state index contributed by atoms with van der Waals surface area (Å²) >= 11 is 0.